The summed E-state index contributed by atoms with van der Waals surface area (Å²) in [5.41, 5.74) is -0.170. The van der Waals surface area contributed by atoms with Crippen LogP contribution < -0.4 is 4.80 Å². The van der Waals surface area contributed by atoms with Crippen molar-refractivity contribution < 1.29 is 18.0 Å². The van der Waals surface area contributed by atoms with E-state index in [1.165, 1.54) is 23.5 Å². The number of carbonyl (C=O) groups is 1. The van der Waals surface area contributed by atoms with Crippen molar-refractivity contribution in [2.24, 2.45) is 4.99 Å². The summed E-state index contributed by atoms with van der Waals surface area (Å²) in [7, 11) is 0. The molecule has 0 bridgehead atoms. The maximum atomic E-state index is 12.8. The fourth-order valence-corrected chi connectivity index (χ4v) is 3.76. The smallest absolute Gasteiger partial charge is 0.320 e. The standard InChI is InChI=1S/C18H21F3N4OS/c1-3-23-8-10-24(11-9-23)16(26)22-17-25(12-13(2)27-17)15-6-4-14(5-7-15)18(19,20)21/h4-7,12H,3,8-11H2,1-2H3/b22-17-. The van der Waals surface area contributed by atoms with Crippen LogP contribution in [0.1, 0.15) is 17.4 Å². The molecule has 5 nitrogen and oxygen atoms in total. The molecular weight excluding hydrogens is 377 g/mol. The number of nitrogens with zero attached hydrogens (tertiary/aromatic N) is 4. The number of alkyl halides is 3. The molecule has 27 heavy (non-hydrogen) atoms. The molecule has 1 saturated heterocycles. The van der Waals surface area contributed by atoms with E-state index in [4.69, 9.17) is 0 Å². The first kappa shape index (κ1) is 19.6. The van der Waals surface area contributed by atoms with Gasteiger partial charge in [-0.1, -0.05) is 6.92 Å². The highest BCUT2D eigenvalue weighted by Crippen LogP contribution is 2.29. The molecular formula is C18H21F3N4OS. The van der Waals surface area contributed by atoms with Crippen molar-refractivity contribution in [3.63, 3.8) is 0 Å². The van der Waals surface area contributed by atoms with Crippen LogP contribution in [0.25, 0.3) is 5.69 Å². The second kappa shape index (κ2) is 7.85. The first-order valence-electron chi connectivity index (χ1n) is 8.70. The number of likely N-dealkylation sites (N-methyl/N-ethyl adjacent to an activating group) is 1. The van der Waals surface area contributed by atoms with Gasteiger partial charge in [0, 0.05) is 42.9 Å². The van der Waals surface area contributed by atoms with E-state index in [2.05, 4.69) is 16.8 Å². The molecule has 1 aromatic heterocycles. The van der Waals surface area contributed by atoms with Crippen LogP contribution in [0.4, 0.5) is 18.0 Å². The molecule has 2 amide bonds. The minimum atomic E-state index is -4.38. The van der Waals surface area contributed by atoms with E-state index in [0.717, 1.165) is 36.6 Å². The zero-order valence-electron chi connectivity index (χ0n) is 15.2. The van der Waals surface area contributed by atoms with Crippen LogP contribution in [0.2, 0.25) is 0 Å². The molecule has 0 aliphatic carbocycles. The van der Waals surface area contributed by atoms with Crippen LogP contribution in [-0.4, -0.2) is 53.1 Å². The summed E-state index contributed by atoms with van der Waals surface area (Å²) in [6, 6.07) is 4.53. The molecule has 0 radical (unpaired) electrons. The second-order valence-corrected chi connectivity index (χ2v) is 7.57. The van der Waals surface area contributed by atoms with Crippen molar-refractivity contribution in [1.82, 2.24) is 14.4 Å². The summed E-state index contributed by atoms with van der Waals surface area (Å²) < 4.78 is 39.9. The van der Waals surface area contributed by atoms with Gasteiger partial charge in [-0.25, -0.2) is 4.79 Å². The lowest BCUT2D eigenvalue weighted by molar-refractivity contribution is -0.137. The molecule has 0 atom stereocenters. The van der Waals surface area contributed by atoms with Gasteiger partial charge in [-0.15, -0.1) is 11.3 Å². The Labute approximate surface area is 159 Å². The van der Waals surface area contributed by atoms with E-state index in [9.17, 15) is 18.0 Å². The Bertz CT molecular complexity index is 862. The third-order valence-electron chi connectivity index (χ3n) is 4.52. The Hall–Kier alpha value is -2.13. The summed E-state index contributed by atoms with van der Waals surface area (Å²) >= 11 is 1.33. The highest BCUT2D eigenvalue weighted by molar-refractivity contribution is 7.09. The number of urea groups is 1. The average Bonchev–Trinajstić information content (AvgIpc) is 3.01. The van der Waals surface area contributed by atoms with Gasteiger partial charge in [-0.3, -0.25) is 4.57 Å². The van der Waals surface area contributed by atoms with E-state index in [-0.39, 0.29) is 6.03 Å². The maximum Gasteiger partial charge on any atom is 0.416 e. The van der Waals surface area contributed by atoms with E-state index in [0.29, 0.717) is 23.6 Å². The number of hydrogen-bond donors (Lipinski definition) is 0. The van der Waals surface area contributed by atoms with Gasteiger partial charge in [0.1, 0.15) is 0 Å². The van der Waals surface area contributed by atoms with Crippen molar-refractivity contribution in [3.8, 4) is 5.69 Å². The number of benzene rings is 1. The molecule has 0 N–H and O–H groups in total. The normalized spacial score (nSPS) is 16.8. The number of aryl methyl sites for hydroxylation is 1. The number of halogens is 3. The summed E-state index contributed by atoms with van der Waals surface area (Å²) in [6.07, 6.45) is -2.61. The topological polar surface area (TPSA) is 40.8 Å². The minimum absolute atomic E-state index is 0.312. The maximum absolute atomic E-state index is 12.8. The van der Waals surface area contributed by atoms with Gasteiger partial charge >= 0.3 is 12.2 Å². The van der Waals surface area contributed by atoms with E-state index >= 15 is 0 Å². The third kappa shape index (κ3) is 4.59. The molecule has 9 heteroatoms. The Balaban J connectivity index is 1.85. The zero-order valence-corrected chi connectivity index (χ0v) is 16.0. The quantitative estimate of drug-likeness (QED) is 0.777. The summed E-state index contributed by atoms with van der Waals surface area (Å²) in [5.74, 6) is 0. The van der Waals surface area contributed by atoms with Crippen molar-refractivity contribution in [2.45, 2.75) is 20.0 Å². The molecule has 1 aromatic carbocycles. The van der Waals surface area contributed by atoms with E-state index < -0.39 is 11.7 Å². The molecule has 2 heterocycles. The summed E-state index contributed by atoms with van der Waals surface area (Å²) in [6.45, 7) is 7.80. The van der Waals surface area contributed by atoms with Gasteiger partial charge in [0.15, 0.2) is 4.80 Å². The number of amides is 2. The van der Waals surface area contributed by atoms with Crippen LogP contribution in [0.3, 0.4) is 0 Å². The summed E-state index contributed by atoms with van der Waals surface area (Å²) in [5, 5.41) is 0. The van der Waals surface area contributed by atoms with Crippen molar-refractivity contribution in [3.05, 3.63) is 45.7 Å². The van der Waals surface area contributed by atoms with Crippen LogP contribution in [0, 0.1) is 6.92 Å². The molecule has 0 saturated carbocycles. The van der Waals surface area contributed by atoms with Crippen molar-refractivity contribution in [2.75, 3.05) is 32.7 Å². The third-order valence-corrected chi connectivity index (χ3v) is 5.42. The van der Waals surface area contributed by atoms with E-state index in [1.807, 2.05) is 6.92 Å². The average molecular weight is 398 g/mol. The number of piperazine rings is 1. The Morgan fingerprint density at radius 2 is 1.78 bits per heavy atom. The monoisotopic (exact) mass is 398 g/mol. The highest BCUT2D eigenvalue weighted by atomic mass is 32.1. The largest absolute Gasteiger partial charge is 0.416 e. The second-order valence-electron chi connectivity index (χ2n) is 6.35. The van der Waals surface area contributed by atoms with Crippen LogP contribution >= 0.6 is 11.3 Å². The fraction of sp³-hybridized carbons (Fsp3) is 0.444. The fourth-order valence-electron chi connectivity index (χ4n) is 2.94. The number of aromatic nitrogens is 1. The lowest BCUT2D eigenvalue weighted by Crippen LogP contribution is -2.48. The Morgan fingerprint density at radius 1 is 1.15 bits per heavy atom. The van der Waals surface area contributed by atoms with Gasteiger partial charge < -0.3 is 9.80 Å². The zero-order chi connectivity index (χ0) is 19.6. The molecule has 0 unspecified atom stereocenters. The molecule has 3 rings (SSSR count). The van der Waals surface area contributed by atoms with Gasteiger partial charge in [-0.05, 0) is 37.7 Å². The molecule has 1 aliphatic heterocycles. The first-order valence-corrected chi connectivity index (χ1v) is 9.52. The SMILES string of the molecule is CCN1CCN(C(=O)/N=c2\sc(C)cn2-c2ccc(C(F)(F)F)cc2)CC1. The Morgan fingerprint density at radius 3 is 2.33 bits per heavy atom. The van der Waals surface area contributed by atoms with Crippen molar-refractivity contribution in [1.29, 1.82) is 0 Å². The predicted molar refractivity (Wildman–Crippen MR) is 98.0 cm³/mol. The minimum Gasteiger partial charge on any atom is -0.320 e. The Kier molecular flexibility index (Phi) is 5.71. The highest BCUT2D eigenvalue weighted by Gasteiger charge is 2.30. The van der Waals surface area contributed by atoms with Gasteiger partial charge in [-0.2, -0.15) is 18.2 Å². The van der Waals surface area contributed by atoms with Gasteiger partial charge in [0.05, 0.1) is 5.56 Å². The van der Waals surface area contributed by atoms with Crippen molar-refractivity contribution >= 4 is 17.4 Å². The number of thiazole rings is 1. The lowest BCUT2D eigenvalue weighted by Gasteiger charge is -2.32. The first-order chi connectivity index (χ1) is 12.8. The van der Waals surface area contributed by atoms with E-state index in [1.54, 1.807) is 15.7 Å². The molecule has 0 spiro atoms. The molecule has 146 valence electrons. The van der Waals surface area contributed by atoms with Gasteiger partial charge in [0.2, 0.25) is 0 Å². The van der Waals surface area contributed by atoms with Crippen LogP contribution in [-0.2, 0) is 6.18 Å². The molecule has 1 aliphatic rings. The van der Waals surface area contributed by atoms with Crippen LogP contribution in [0.15, 0.2) is 35.5 Å². The predicted octanol–water partition coefficient (Wildman–Crippen LogP) is 3.52. The molecule has 1 fully saturated rings. The number of hydrogen-bond acceptors (Lipinski definition) is 3. The number of rotatable bonds is 2. The number of carbonyl (C=O) groups excluding carboxylic acids is 1. The summed E-state index contributed by atoms with van der Waals surface area (Å²) in [4.78, 5) is 22.1. The lowest BCUT2D eigenvalue weighted by atomic mass is 10.2. The molecule has 2 aromatic rings. The van der Waals surface area contributed by atoms with Crippen LogP contribution in [0.5, 0.6) is 0 Å². The van der Waals surface area contributed by atoms with Gasteiger partial charge in [0.25, 0.3) is 0 Å².